The predicted molar refractivity (Wildman–Crippen MR) is 108 cm³/mol. The Kier molecular flexibility index (Phi) is 5.96. The fraction of sp³-hybridized carbons (Fsp3) is 0.333. The number of piperidine rings is 1. The maximum absolute atomic E-state index is 12.7. The normalized spacial score (nSPS) is 16.6. The molecule has 2 aromatic rings. The molecule has 1 unspecified atom stereocenters. The number of nitrogens with two attached hydrogens (primary N) is 1. The number of rotatable bonds is 4. The fourth-order valence-corrected chi connectivity index (χ4v) is 3.33. The Morgan fingerprint density at radius 2 is 1.89 bits per heavy atom. The van der Waals surface area contributed by atoms with Crippen LogP contribution in [0.3, 0.4) is 0 Å². The van der Waals surface area contributed by atoms with Crippen molar-refractivity contribution in [3.8, 4) is 0 Å². The van der Waals surface area contributed by atoms with Gasteiger partial charge in [-0.25, -0.2) is 4.79 Å². The van der Waals surface area contributed by atoms with E-state index in [-0.39, 0.29) is 17.9 Å². The number of hydrogen-bond acceptors (Lipinski definition) is 3. The molecule has 1 heterocycles. The van der Waals surface area contributed by atoms with Gasteiger partial charge in [0.1, 0.15) is 0 Å². The number of carbonyl (C=O) groups is 2. The second-order valence-corrected chi connectivity index (χ2v) is 7.05. The molecule has 27 heavy (non-hydrogen) atoms. The zero-order chi connectivity index (χ0) is 19.2. The van der Waals surface area contributed by atoms with E-state index < -0.39 is 0 Å². The van der Waals surface area contributed by atoms with Gasteiger partial charge < -0.3 is 21.3 Å². The number of nitrogens with one attached hydrogen (secondary N) is 2. The maximum atomic E-state index is 12.7. The fourth-order valence-electron chi connectivity index (χ4n) is 3.33. The first-order chi connectivity index (χ1) is 13.0. The van der Waals surface area contributed by atoms with E-state index in [1.807, 2.05) is 48.2 Å². The van der Waals surface area contributed by atoms with Gasteiger partial charge in [-0.1, -0.05) is 29.8 Å². The number of anilines is 2. The molecular formula is C21H26N4O2. The molecular weight excluding hydrogens is 340 g/mol. The minimum atomic E-state index is -0.227. The third-order valence-electron chi connectivity index (χ3n) is 4.86. The van der Waals surface area contributed by atoms with E-state index in [1.54, 1.807) is 12.1 Å². The van der Waals surface area contributed by atoms with Crippen molar-refractivity contribution in [3.63, 3.8) is 0 Å². The molecule has 0 spiro atoms. The molecule has 6 heteroatoms. The van der Waals surface area contributed by atoms with Crippen molar-refractivity contribution in [2.45, 2.75) is 19.8 Å². The van der Waals surface area contributed by atoms with Crippen molar-refractivity contribution < 1.29 is 9.59 Å². The van der Waals surface area contributed by atoms with Crippen molar-refractivity contribution in [2.24, 2.45) is 5.92 Å². The third kappa shape index (κ3) is 5.00. The summed E-state index contributed by atoms with van der Waals surface area (Å²) < 4.78 is 0. The average Bonchev–Trinajstić information content (AvgIpc) is 2.68. The van der Waals surface area contributed by atoms with E-state index in [4.69, 9.17) is 5.73 Å². The van der Waals surface area contributed by atoms with E-state index in [9.17, 15) is 9.59 Å². The Hall–Kier alpha value is -3.02. The summed E-state index contributed by atoms with van der Waals surface area (Å²) in [5, 5.41) is 5.74. The standard InChI is InChI=1S/C21H26N4O2/c1-15-8-10-17(11-9-15)24-21(27)23-13-16-5-4-12-25(14-16)20(26)18-6-2-3-7-19(18)22/h2-3,6-11,16H,4-5,12-14,22H2,1H3,(H2,23,24,27). The second kappa shape index (κ2) is 8.58. The van der Waals surface area contributed by atoms with Gasteiger partial charge in [0.25, 0.3) is 5.91 Å². The first-order valence-electron chi connectivity index (χ1n) is 9.28. The molecule has 1 fully saturated rings. The number of para-hydroxylation sites is 1. The SMILES string of the molecule is Cc1ccc(NC(=O)NCC2CCCN(C(=O)c3ccccc3N)C2)cc1. The van der Waals surface area contributed by atoms with Crippen molar-refractivity contribution in [2.75, 3.05) is 30.7 Å². The molecule has 2 aromatic carbocycles. The molecule has 142 valence electrons. The van der Waals surface area contributed by atoms with Crippen LogP contribution in [0.15, 0.2) is 48.5 Å². The molecule has 3 rings (SSSR count). The Bertz CT molecular complexity index is 804. The predicted octanol–water partition coefficient (Wildman–Crippen LogP) is 3.25. The third-order valence-corrected chi connectivity index (χ3v) is 4.86. The molecule has 6 nitrogen and oxygen atoms in total. The summed E-state index contributed by atoms with van der Waals surface area (Å²) in [5.41, 5.74) is 8.88. The number of benzene rings is 2. The van der Waals surface area contributed by atoms with E-state index >= 15 is 0 Å². The Balaban J connectivity index is 1.51. The lowest BCUT2D eigenvalue weighted by Gasteiger charge is -2.33. The lowest BCUT2D eigenvalue weighted by Crippen LogP contribution is -2.44. The van der Waals surface area contributed by atoms with Crippen LogP contribution in [-0.2, 0) is 0 Å². The van der Waals surface area contributed by atoms with E-state index in [2.05, 4.69) is 10.6 Å². The van der Waals surface area contributed by atoms with Crippen molar-refractivity contribution in [1.29, 1.82) is 0 Å². The Labute approximate surface area is 159 Å². The number of carbonyl (C=O) groups excluding carboxylic acids is 2. The topological polar surface area (TPSA) is 87.5 Å². The molecule has 4 N–H and O–H groups in total. The van der Waals surface area contributed by atoms with E-state index in [1.165, 1.54) is 0 Å². The van der Waals surface area contributed by atoms with Gasteiger partial charge >= 0.3 is 6.03 Å². The van der Waals surface area contributed by atoms with E-state index in [0.717, 1.165) is 30.6 Å². The maximum Gasteiger partial charge on any atom is 0.319 e. The number of nitrogens with zero attached hydrogens (tertiary/aromatic N) is 1. The van der Waals surface area contributed by atoms with Crippen LogP contribution in [0.1, 0.15) is 28.8 Å². The molecule has 0 bridgehead atoms. The molecule has 0 aromatic heterocycles. The summed E-state index contributed by atoms with van der Waals surface area (Å²) in [6.07, 6.45) is 1.91. The van der Waals surface area contributed by atoms with Crippen LogP contribution in [0.2, 0.25) is 0 Å². The van der Waals surface area contributed by atoms with Crippen molar-refractivity contribution >= 4 is 23.3 Å². The van der Waals surface area contributed by atoms with Gasteiger partial charge in [-0.2, -0.15) is 0 Å². The van der Waals surface area contributed by atoms with Crippen LogP contribution in [-0.4, -0.2) is 36.5 Å². The molecule has 3 amide bonds. The number of amides is 3. The Morgan fingerprint density at radius 3 is 2.63 bits per heavy atom. The van der Waals surface area contributed by atoms with Gasteiger partial charge in [-0.15, -0.1) is 0 Å². The summed E-state index contributed by atoms with van der Waals surface area (Å²) >= 11 is 0. The number of likely N-dealkylation sites (tertiary alicyclic amines) is 1. The van der Waals surface area contributed by atoms with Gasteiger partial charge in [0.2, 0.25) is 0 Å². The largest absolute Gasteiger partial charge is 0.398 e. The monoisotopic (exact) mass is 366 g/mol. The first kappa shape index (κ1) is 18.8. The highest BCUT2D eigenvalue weighted by Crippen LogP contribution is 2.20. The first-order valence-corrected chi connectivity index (χ1v) is 9.28. The number of nitrogen functional groups attached to an aromatic ring is 1. The van der Waals surface area contributed by atoms with Gasteiger partial charge in [-0.05, 0) is 49.9 Å². The van der Waals surface area contributed by atoms with Crippen LogP contribution in [0.25, 0.3) is 0 Å². The van der Waals surface area contributed by atoms with Gasteiger partial charge in [0.15, 0.2) is 0 Å². The second-order valence-electron chi connectivity index (χ2n) is 7.05. The highest BCUT2D eigenvalue weighted by Gasteiger charge is 2.25. The van der Waals surface area contributed by atoms with Crippen molar-refractivity contribution in [1.82, 2.24) is 10.2 Å². The molecule has 0 radical (unpaired) electrons. The molecule has 0 saturated carbocycles. The molecule has 1 saturated heterocycles. The number of aryl methyl sites for hydroxylation is 1. The van der Waals surface area contributed by atoms with Gasteiger partial charge in [0.05, 0.1) is 5.56 Å². The minimum Gasteiger partial charge on any atom is -0.398 e. The average molecular weight is 366 g/mol. The molecule has 1 aliphatic heterocycles. The number of urea groups is 1. The highest BCUT2D eigenvalue weighted by atomic mass is 16.2. The summed E-state index contributed by atoms with van der Waals surface area (Å²) in [7, 11) is 0. The lowest BCUT2D eigenvalue weighted by molar-refractivity contribution is 0.0676. The lowest BCUT2D eigenvalue weighted by atomic mass is 9.97. The quantitative estimate of drug-likeness (QED) is 0.726. The molecule has 1 aliphatic rings. The van der Waals surface area contributed by atoms with Crippen LogP contribution in [0.5, 0.6) is 0 Å². The van der Waals surface area contributed by atoms with Gasteiger partial charge in [0, 0.05) is 31.0 Å². The number of hydrogen-bond donors (Lipinski definition) is 3. The molecule has 1 atom stereocenters. The van der Waals surface area contributed by atoms with Crippen LogP contribution in [0, 0.1) is 12.8 Å². The van der Waals surface area contributed by atoms with Crippen LogP contribution < -0.4 is 16.4 Å². The van der Waals surface area contributed by atoms with E-state index in [0.29, 0.717) is 24.3 Å². The smallest absolute Gasteiger partial charge is 0.319 e. The zero-order valence-corrected chi connectivity index (χ0v) is 15.6. The zero-order valence-electron chi connectivity index (χ0n) is 15.6. The van der Waals surface area contributed by atoms with Crippen LogP contribution in [0.4, 0.5) is 16.2 Å². The summed E-state index contributed by atoms with van der Waals surface area (Å²) in [6, 6.07) is 14.6. The van der Waals surface area contributed by atoms with Gasteiger partial charge in [-0.3, -0.25) is 4.79 Å². The molecule has 0 aliphatic carbocycles. The minimum absolute atomic E-state index is 0.0399. The summed E-state index contributed by atoms with van der Waals surface area (Å²) in [4.78, 5) is 26.7. The van der Waals surface area contributed by atoms with Crippen LogP contribution >= 0.6 is 0 Å². The summed E-state index contributed by atoms with van der Waals surface area (Å²) in [5.74, 6) is 0.193. The Morgan fingerprint density at radius 1 is 1.15 bits per heavy atom. The summed E-state index contributed by atoms with van der Waals surface area (Å²) in [6.45, 7) is 3.88. The highest BCUT2D eigenvalue weighted by molar-refractivity contribution is 5.99. The van der Waals surface area contributed by atoms with Crippen molar-refractivity contribution in [3.05, 3.63) is 59.7 Å².